The molecule has 0 radical (unpaired) electrons. The van der Waals surface area contributed by atoms with Gasteiger partial charge in [0.25, 0.3) is 0 Å². The lowest BCUT2D eigenvalue weighted by molar-refractivity contribution is -0.146. The zero-order chi connectivity index (χ0) is 13.3. The predicted octanol–water partition coefficient (Wildman–Crippen LogP) is 1.24. The smallest absolute Gasteiger partial charge is 0.321 e. The van der Waals surface area contributed by atoms with Crippen LogP contribution in [-0.2, 0) is 26.1 Å². The van der Waals surface area contributed by atoms with Crippen molar-refractivity contribution in [2.24, 2.45) is 5.92 Å². The Morgan fingerprint density at radius 2 is 2.37 bits per heavy atom. The van der Waals surface area contributed by atoms with Crippen LogP contribution in [-0.4, -0.2) is 35.9 Å². The normalized spacial score (nSPS) is 24.4. The first-order valence-electron chi connectivity index (χ1n) is 6.82. The monoisotopic (exact) mass is 266 g/mol. The maximum Gasteiger partial charge on any atom is 0.321 e. The summed E-state index contributed by atoms with van der Waals surface area (Å²) in [5.41, 5.74) is -0.659. The fourth-order valence-corrected chi connectivity index (χ4v) is 2.43. The molecule has 104 valence electrons. The Kier molecular flexibility index (Phi) is 3.26. The molecule has 2 fully saturated rings. The number of nitrogens with zero attached hydrogens (tertiary/aromatic N) is 2. The van der Waals surface area contributed by atoms with Crippen molar-refractivity contribution in [1.29, 1.82) is 0 Å². The van der Waals surface area contributed by atoms with Gasteiger partial charge in [0.05, 0.1) is 6.61 Å². The summed E-state index contributed by atoms with van der Waals surface area (Å²) in [7, 11) is 0. The van der Waals surface area contributed by atoms with E-state index in [0.29, 0.717) is 24.2 Å². The maximum absolute atomic E-state index is 11.9. The van der Waals surface area contributed by atoms with Crippen LogP contribution in [0.3, 0.4) is 0 Å². The second-order valence-corrected chi connectivity index (χ2v) is 5.25. The molecule has 1 saturated heterocycles. The molecule has 0 spiro atoms. The van der Waals surface area contributed by atoms with E-state index in [-0.39, 0.29) is 5.97 Å². The Labute approximate surface area is 111 Å². The zero-order valence-electron chi connectivity index (χ0n) is 11.1. The molecular weight excluding hydrogens is 248 g/mol. The zero-order valence-corrected chi connectivity index (χ0v) is 11.1. The molecule has 0 amide bonds. The third-order valence-electron chi connectivity index (χ3n) is 3.79. The quantitative estimate of drug-likeness (QED) is 0.746. The van der Waals surface area contributed by atoms with Crippen molar-refractivity contribution in [2.75, 3.05) is 19.8 Å². The largest absolute Gasteiger partial charge is 0.465 e. The lowest BCUT2D eigenvalue weighted by Crippen LogP contribution is -2.23. The summed E-state index contributed by atoms with van der Waals surface area (Å²) in [5.74, 6) is 1.30. The number of hydrogen-bond donors (Lipinski definition) is 0. The molecule has 6 nitrogen and oxygen atoms in total. The standard InChI is InChI=1S/C13H18N2O4/c1-2-18-12(16)13(4-5-13)11-14-10(15-19-11)7-9-3-6-17-8-9/h9H,2-8H2,1H3. The van der Waals surface area contributed by atoms with Crippen molar-refractivity contribution in [3.05, 3.63) is 11.7 Å². The van der Waals surface area contributed by atoms with E-state index >= 15 is 0 Å². The van der Waals surface area contributed by atoms with Crippen molar-refractivity contribution in [3.63, 3.8) is 0 Å². The van der Waals surface area contributed by atoms with Crippen LogP contribution >= 0.6 is 0 Å². The SMILES string of the molecule is CCOC(=O)C1(c2nc(CC3CCOC3)no2)CC1. The van der Waals surface area contributed by atoms with Gasteiger partial charge in [-0.1, -0.05) is 5.16 Å². The van der Waals surface area contributed by atoms with Gasteiger partial charge in [-0.2, -0.15) is 4.98 Å². The third kappa shape index (κ3) is 2.36. The number of carbonyl (C=O) groups excluding carboxylic acids is 1. The van der Waals surface area contributed by atoms with Gasteiger partial charge in [0.15, 0.2) is 5.82 Å². The number of aromatic nitrogens is 2. The summed E-state index contributed by atoms with van der Waals surface area (Å²) >= 11 is 0. The molecule has 3 rings (SSSR count). The van der Waals surface area contributed by atoms with Crippen LogP contribution in [0, 0.1) is 5.92 Å². The number of hydrogen-bond acceptors (Lipinski definition) is 6. The van der Waals surface area contributed by atoms with Gasteiger partial charge in [0, 0.05) is 19.6 Å². The van der Waals surface area contributed by atoms with Crippen LogP contribution in [0.4, 0.5) is 0 Å². The molecule has 0 bridgehead atoms. The second-order valence-electron chi connectivity index (χ2n) is 5.25. The van der Waals surface area contributed by atoms with Crippen molar-refractivity contribution in [2.45, 2.75) is 38.0 Å². The minimum Gasteiger partial charge on any atom is -0.465 e. The fraction of sp³-hybridized carbons (Fsp3) is 0.769. The first-order chi connectivity index (χ1) is 9.24. The highest BCUT2D eigenvalue weighted by Crippen LogP contribution is 2.48. The third-order valence-corrected chi connectivity index (χ3v) is 3.79. The van der Waals surface area contributed by atoms with Gasteiger partial charge in [0.2, 0.25) is 5.89 Å². The lowest BCUT2D eigenvalue weighted by atomic mass is 10.0. The minimum absolute atomic E-state index is 0.241. The molecule has 1 aliphatic carbocycles. The first-order valence-corrected chi connectivity index (χ1v) is 6.82. The van der Waals surface area contributed by atoms with E-state index in [1.165, 1.54) is 0 Å². The molecule has 1 unspecified atom stereocenters. The van der Waals surface area contributed by atoms with E-state index in [9.17, 15) is 4.79 Å². The molecule has 2 heterocycles. The van der Waals surface area contributed by atoms with Crippen LogP contribution in [0.15, 0.2) is 4.52 Å². The minimum atomic E-state index is -0.659. The van der Waals surface area contributed by atoms with Gasteiger partial charge in [-0.25, -0.2) is 0 Å². The van der Waals surface area contributed by atoms with E-state index in [2.05, 4.69) is 10.1 Å². The first kappa shape index (κ1) is 12.6. The number of rotatable bonds is 5. The Balaban J connectivity index is 1.68. The molecule has 1 aromatic rings. The molecule has 1 atom stereocenters. The Morgan fingerprint density at radius 3 is 3.00 bits per heavy atom. The molecule has 6 heteroatoms. The topological polar surface area (TPSA) is 74.5 Å². The Bertz CT molecular complexity index is 461. The van der Waals surface area contributed by atoms with Crippen molar-refractivity contribution >= 4 is 5.97 Å². The number of esters is 1. The van der Waals surface area contributed by atoms with E-state index in [1.807, 2.05) is 0 Å². The van der Waals surface area contributed by atoms with Gasteiger partial charge in [0.1, 0.15) is 5.41 Å². The molecule has 0 N–H and O–H groups in total. The number of ether oxygens (including phenoxy) is 2. The molecule has 0 aromatic carbocycles. The van der Waals surface area contributed by atoms with E-state index in [0.717, 1.165) is 38.9 Å². The molecule has 1 aliphatic heterocycles. The predicted molar refractivity (Wildman–Crippen MR) is 64.5 cm³/mol. The van der Waals surface area contributed by atoms with Gasteiger partial charge in [-0.15, -0.1) is 0 Å². The summed E-state index contributed by atoms with van der Waals surface area (Å²) in [4.78, 5) is 16.3. The van der Waals surface area contributed by atoms with Crippen LogP contribution in [0.1, 0.15) is 37.9 Å². The fourth-order valence-electron chi connectivity index (χ4n) is 2.43. The maximum atomic E-state index is 11.9. The van der Waals surface area contributed by atoms with Gasteiger partial charge in [-0.3, -0.25) is 4.79 Å². The molecule has 1 aromatic heterocycles. The van der Waals surface area contributed by atoms with E-state index < -0.39 is 5.41 Å². The van der Waals surface area contributed by atoms with Crippen molar-refractivity contribution in [3.8, 4) is 0 Å². The highest BCUT2D eigenvalue weighted by molar-refractivity contribution is 5.85. The molecule has 19 heavy (non-hydrogen) atoms. The summed E-state index contributed by atoms with van der Waals surface area (Å²) in [6.07, 6.45) is 3.26. The van der Waals surface area contributed by atoms with E-state index in [1.54, 1.807) is 6.92 Å². The Hall–Kier alpha value is -1.43. The molecular formula is C13H18N2O4. The van der Waals surface area contributed by atoms with Gasteiger partial charge in [-0.05, 0) is 32.1 Å². The lowest BCUT2D eigenvalue weighted by Gasteiger charge is -2.08. The van der Waals surface area contributed by atoms with Crippen LogP contribution in [0.25, 0.3) is 0 Å². The van der Waals surface area contributed by atoms with E-state index in [4.69, 9.17) is 14.0 Å². The van der Waals surface area contributed by atoms with Crippen LogP contribution in [0.2, 0.25) is 0 Å². The highest BCUT2D eigenvalue weighted by Gasteiger charge is 2.57. The molecule has 2 aliphatic rings. The van der Waals surface area contributed by atoms with Crippen LogP contribution < -0.4 is 0 Å². The highest BCUT2D eigenvalue weighted by atomic mass is 16.5. The van der Waals surface area contributed by atoms with Crippen molar-refractivity contribution < 1.29 is 18.8 Å². The van der Waals surface area contributed by atoms with Gasteiger partial charge < -0.3 is 14.0 Å². The summed E-state index contributed by atoms with van der Waals surface area (Å²) in [6, 6.07) is 0. The van der Waals surface area contributed by atoms with Gasteiger partial charge >= 0.3 is 5.97 Å². The van der Waals surface area contributed by atoms with Crippen molar-refractivity contribution in [1.82, 2.24) is 10.1 Å². The summed E-state index contributed by atoms with van der Waals surface area (Å²) in [5, 5.41) is 3.98. The van der Waals surface area contributed by atoms with Crippen LogP contribution in [0.5, 0.6) is 0 Å². The number of carbonyl (C=O) groups is 1. The second kappa shape index (κ2) is 4.92. The molecule has 1 saturated carbocycles. The summed E-state index contributed by atoms with van der Waals surface area (Å²) in [6.45, 7) is 3.74. The summed E-state index contributed by atoms with van der Waals surface area (Å²) < 4.78 is 15.7. The average molecular weight is 266 g/mol. The average Bonchev–Trinajstić information content (AvgIpc) is 2.84. The Morgan fingerprint density at radius 1 is 1.53 bits per heavy atom.